The van der Waals surface area contributed by atoms with Crippen LogP contribution in [0.2, 0.25) is 0 Å². The first kappa shape index (κ1) is 24.8. The van der Waals surface area contributed by atoms with Gasteiger partial charge in [0.05, 0.1) is 43.2 Å². The molecule has 4 rings (SSSR count). The number of hydrogen-bond acceptors (Lipinski definition) is 8. The third-order valence-corrected chi connectivity index (χ3v) is 7.28. The van der Waals surface area contributed by atoms with E-state index in [9.17, 15) is 13.2 Å². The molecule has 0 aliphatic heterocycles. The second-order valence-electron chi connectivity index (χ2n) is 7.59. The van der Waals surface area contributed by atoms with Crippen LogP contribution in [0.3, 0.4) is 0 Å². The number of ether oxygens (including phenoxy) is 4. The van der Waals surface area contributed by atoms with Crippen LogP contribution in [-0.2, 0) is 9.84 Å². The highest BCUT2D eigenvalue weighted by Crippen LogP contribution is 2.39. The van der Waals surface area contributed by atoms with Gasteiger partial charge in [0.2, 0.25) is 21.5 Å². The molecule has 0 spiro atoms. The number of aryl methyl sites for hydroxylation is 1. The van der Waals surface area contributed by atoms with E-state index in [1.165, 1.54) is 50.3 Å². The molecule has 0 unspecified atom stereocenters. The van der Waals surface area contributed by atoms with E-state index < -0.39 is 15.8 Å². The number of carbonyl (C=O) groups excluding carboxylic acids is 1. The number of aromatic nitrogens is 2. The van der Waals surface area contributed by atoms with Gasteiger partial charge in [-0.15, -0.1) is 0 Å². The van der Waals surface area contributed by atoms with Crippen LogP contribution in [-0.4, -0.2) is 45.5 Å². The monoisotopic (exact) mass is 508 g/mol. The van der Waals surface area contributed by atoms with Crippen LogP contribution in [0, 0.1) is 6.92 Å². The number of esters is 1. The maximum absolute atomic E-state index is 13.6. The Morgan fingerprint density at radius 1 is 0.833 bits per heavy atom. The predicted molar refractivity (Wildman–Crippen MR) is 131 cm³/mol. The maximum Gasteiger partial charge on any atom is 0.345 e. The van der Waals surface area contributed by atoms with Crippen molar-refractivity contribution in [3.05, 3.63) is 84.1 Å². The molecule has 4 aromatic rings. The number of rotatable bonds is 8. The van der Waals surface area contributed by atoms with Crippen LogP contribution in [0.15, 0.2) is 82.6 Å². The van der Waals surface area contributed by atoms with Gasteiger partial charge in [-0.05, 0) is 43.3 Å². The van der Waals surface area contributed by atoms with Gasteiger partial charge >= 0.3 is 5.97 Å². The molecular weight excluding hydrogens is 484 g/mol. The van der Waals surface area contributed by atoms with Crippen molar-refractivity contribution in [3.8, 4) is 28.8 Å². The molecule has 1 heterocycles. The van der Waals surface area contributed by atoms with E-state index in [0.717, 1.165) is 0 Å². The summed E-state index contributed by atoms with van der Waals surface area (Å²) in [5.74, 6) is -0.284. The molecule has 0 atom stereocenters. The first-order valence-corrected chi connectivity index (χ1v) is 12.3. The van der Waals surface area contributed by atoms with Gasteiger partial charge in [0.15, 0.2) is 16.4 Å². The lowest BCUT2D eigenvalue weighted by Crippen LogP contribution is -2.15. The number of nitrogens with zero attached hydrogens (tertiary/aromatic N) is 2. The van der Waals surface area contributed by atoms with Gasteiger partial charge in [-0.25, -0.2) is 13.2 Å². The highest BCUT2D eigenvalue weighted by Gasteiger charge is 2.32. The van der Waals surface area contributed by atoms with Crippen molar-refractivity contribution in [1.29, 1.82) is 0 Å². The molecule has 10 heteroatoms. The molecule has 1 aromatic heterocycles. The van der Waals surface area contributed by atoms with Gasteiger partial charge < -0.3 is 18.9 Å². The summed E-state index contributed by atoms with van der Waals surface area (Å²) in [6.45, 7) is 1.55. The van der Waals surface area contributed by atoms with Gasteiger partial charge in [-0.2, -0.15) is 9.78 Å². The van der Waals surface area contributed by atoms with Gasteiger partial charge in [0.25, 0.3) is 0 Å². The number of benzene rings is 3. The highest BCUT2D eigenvalue weighted by atomic mass is 32.2. The van der Waals surface area contributed by atoms with Crippen LogP contribution in [0.5, 0.6) is 23.1 Å². The second kappa shape index (κ2) is 10.1. The van der Waals surface area contributed by atoms with Crippen LogP contribution in [0.4, 0.5) is 0 Å². The minimum atomic E-state index is -4.08. The van der Waals surface area contributed by atoms with E-state index in [1.807, 2.05) is 6.07 Å². The topological polar surface area (TPSA) is 106 Å². The molecule has 9 nitrogen and oxygen atoms in total. The van der Waals surface area contributed by atoms with E-state index in [4.69, 9.17) is 18.9 Å². The lowest BCUT2D eigenvalue weighted by molar-refractivity contribution is 0.0717. The Bertz CT molecular complexity index is 1470. The zero-order valence-electron chi connectivity index (χ0n) is 20.1. The Morgan fingerprint density at radius 2 is 1.39 bits per heavy atom. The summed E-state index contributed by atoms with van der Waals surface area (Å²) in [6.07, 6.45) is 0. The van der Waals surface area contributed by atoms with Gasteiger partial charge in [-0.3, -0.25) is 0 Å². The van der Waals surface area contributed by atoms with Gasteiger partial charge in [-0.1, -0.05) is 36.4 Å². The van der Waals surface area contributed by atoms with E-state index in [1.54, 1.807) is 49.4 Å². The third-order valence-electron chi connectivity index (χ3n) is 5.38. The van der Waals surface area contributed by atoms with Crippen molar-refractivity contribution in [3.63, 3.8) is 0 Å². The number of carbonyl (C=O) groups is 1. The number of hydrogen-bond donors (Lipinski definition) is 0. The average molecular weight is 509 g/mol. The maximum atomic E-state index is 13.6. The largest absolute Gasteiger partial charge is 0.493 e. The van der Waals surface area contributed by atoms with Crippen LogP contribution in [0.1, 0.15) is 16.1 Å². The molecule has 0 aliphatic carbocycles. The summed E-state index contributed by atoms with van der Waals surface area (Å²) in [6, 6.07) is 19.5. The van der Waals surface area contributed by atoms with Crippen molar-refractivity contribution in [1.82, 2.24) is 9.78 Å². The first-order valence-electron chi connectivity index (χ1n) is 10.8. The van der Waals surface area contributed by atoms with Crippen LogP contribution in [0.25, 0.3) is 5.69 Å². The zero-order valence-corrected chi connectivity index (χ0v) is 20.9. The summed E-state index contributed by atoms with van der Waals surface area (Å²) in [4.78, 5) is 13.2. The highest BCUT2D eigenvalue weighted by molar-refractivity contribution is 7.91. The smallest absolute Gasteiger partial charge is 0.345 e. The fourth-order valence-corrected chi connectivity index (χ4v) is 5.24. The SMILES string of the molecule is COc1cc(C(=O)Oc2c(S(=O)(=O)c3ccccc3)c(C)nn2-c2ccccc2)cc(OC)c1OC. The van der Waals surface area contributed by atoms with Crippen LogP contribution < -0.4 is 18.9 Å². The number of para-hydroxylation sites is 1. The van der Waals surface area contributed by atoms with E-state index >= 15 is 0 Å². The van der Waals surface area contributed by atoms with Crippen molar-refractivity contribution < 1.29 is 32.2 Å². The lowest BCUT2D eigenvalue weighted by Gasteiger charge is -2.14. The molecule has 0 amide bonds. The minimum Gasteiger partial charge on any atom is -0.493 e. The van der Waals surface area contributed by atoms with Crippen LogP contribution >= 0.6 is 0 Å². The Kier molecular flexibility index (Phi) is 6.98. The Labute approximate surface area is 208 Å². The van der Waals surface area contributed by atoms with Crippen molar-refractivity contribution in [2.75, 3.05) is 21.3 Å². The van der Waals surface area contributed by atoms with E-state index in [-0.39, 0.29) is 38.4 Å². The predicted octanol–water partition coefficient (Wildman–Crippen LogP) is 4.26. The van der Waals surface area contributed by atoms with Crippen molar-refractivity contribution in [2.24, 2.45) is 0 Å². The first-order chi connectivity index (χ1) is 17.3. The Morgan fingerprint density at radius 3 is 1.92 bits per heavy atom. The normalized spacial score (nSPS) is 11.1. The van der Waals surface area contributed by atoms with E-state index in [0.29, 0.717) is 11.4 Å². The fourth-order valence-electron chi connectivity index (χ4n) is 3.70. The summed E-state index contributed by atoms with van der Waals surface area (Å²) in [5.41, 5.74) is 0.754. The zero-order chi connectivity index (χ0) is 25.9. The molecule has 186 valence electrons. The molecule has 0 fully saturated rings. The minimum absolute atomic E-state index is 0.0470. The number of methoxy groups -OCH3 is 3. The molecule has 0 bridgehead atoms. The third kappa shape index (κ3) is 4.50. The summed E-state index contributed by atoms with van der Waals surface area (Å²) >= 11 is 0. The molecule has 0 saturated heterocycles. The molecule has 3 aromatic carbocycles. The standard InChI is InChI=1S/C26H24N2O7S/c1-17-24(36(30,31)20-13-9-6-10-14-20)25(28(27-17)19-11-7-5-8-12-19)35-26(29)18-15-21(32-2)23(34-4)22(16-18)33-3/h5-16H,1-4H3. The second-order valence-corrected chi connectivity index (χ2v) is 9.47. The summed E-state index contributed by atoms with van der Waals surface area (Å²) in [5, 5.41) is 4.41. The van der Waals surface area contributed by atoms with Gasteiger partial charge in [0, 0.05) is 0 Å². The summed E-state index contributed by atoms with van der Waals surface area (Å²) < 4.78 is 50.2. The lowest BCUT2D eigenvalue weighted by atomic mass is 10.2. The Hall–Kier alpha value is -4.31. The molecule has 36 heavy (non-hydrogen) atoms. The fraction of sp³-hybridized carbons (Fsp3) is 0.154. The molecule has 0 aliphatic rings. The number of sulfone groups is 1. The van der Waals surface area contributed by atoms with E-state index in [2.05, 4.69) is 5.10 Å². The molecule has 0 N–H and O–H groups in total. The molecular formula is C26H24N2O7S. The average Bonchev–Trinajstić information content (AvgIpc) is 3.24. The van der Waals surface area contributed by atoms with Crippen molar-refractivity contribution in [2.45, 2.75) is 16.7 Å². The Balaban J connectivity index is 1.88. The quantitative estimate of drug-likeness (QED) is 0.325. The molecule has 0 radical (unpaired) electrons. The molecule has 0 saturated carbocycles. The van der Waals surface area contributed by atoms with Gasteiger partial charge in [0.1, 0.15) is 0 Å². The summed E-state index contributed by atoms with van der Waals surface area (Å²) in [7, 11) is 0.206. The van der Waals surface area contributed by atoms with Crippen molar-refractivity contribution >= 4 is 15.8 Å².